The second kappa shape index (κ2) is 5.82. The molecule has 3 heterocycles. The first-order chi connectivity index (χ1) is 10.2. The number of nitrogens with one attached hydrogen (secondary N) is 3. The van der Waals surface area contributed by atoms with Crippen LogP contribution < -0.4 is 16.0 Å². The molecule has 7 heteroatoms. The lowest BCUT2D eigenvalue weighted by molar-refractivity contribution is -0.117. The lowest BCUT2D eigenvalue weighted by atomic mass is 10.1. The van der Waals surface area contributed by atoms with E-state index in [0.29, 0.717) is 38.3 Å². The predicted octanol–water partition coefficient (Wildman–Crippen LogP) is 0.0319. The van der Waals surface area contributed by atoms with Crippen LogP contribution in [0.15, 0.2) is 23.9 Å². The van der Waals surface area contributed by atoms with Gasteiger partial charge in [-0.25, -0.2) is 4.79 Å². The lowest BCUT2D eigenvalue weighted by Crippen LogP contribution is -2.38. The van der Waals surface area contributed by atoms with E-state index in [1.165, 1.54) is 0 Å². The van der Waals surface area contributed by atoms with Crippen molar-refractivity contribution in [2.75, 3.05) is 38.0 Å². The van der Waals surface area contributed by atoms with Crippen LogP contribution in [-0.2, 0) is 4.79 Å². The highest BCUT2D eigenvalue weighted by Crippen LogP contribution is 2.20. The van der Waals surface area contributed by atoms with Gasteiger partial charge in [0.1, 0.15) is 0 Å². The van der Waals surface area contributed by atoms with Crippen LogP contribution in [0.2, 0.25) is 0 Å². The maximum atomic E-state index is 12.1. The molecular weight excluding hydrogens is 270 g/mol. The monoisotopic (exact) mass is 287 g/mol. The number of fused-ring (bicyclic) bond motifs is 1. The molecule has 110 valence electrons. The average molecular weight is 287 g/mol. The van der Waals surface area contributed by atoms with Gasteiger partial charge < -0.3 is 20.9 Å². The summed E-state index contributed by atoms with van der Waals surface area (Å²) < 4.78 is 0. The van der Waals surface area contributed by atoms with Gasteiger partial charge in [0, 0.05) is 44.5 Å². The molecule has 1 saturated heterocycles. The zero-order chi connectivity index (χ0) is 14.7. The highest BCUT2D eigenvalue weighted by Gasteiger charge is 2.20. The summed E-state index contributed by atoms with van der Waals surface area (Å²) in [6, 6.07) is 3.71. The van der Waals surface area contributed by atoms with E-state index in [0.717, 1.165) is 11.4 Å². The number of nitrogens with zero attached hydrogens (tertiary/aromatic N) is 2. The van der Waals surface area contributed by atoms with Crippen LogP contribution in [0.4, 0.5) is 10.5 Å². The van der Waals surface area contributed by atoms with E-state index < -0.39 is 0 Å². The Morgan fingerprint density at radius 3 is 3.14 bits per heavy atom. The molecule has 0 unspecified atom stereocenters. The third-order valence-electron chi connectivity index (χ3n) is 3.52. The van der Waals surface area contributed by atoms with Crippen LogP contribution in [0.25, 0.3) is 6.08 Å². The number of hydrogen-bond acceptors (Lipinski definition) is 4. The highest BCUT2D eigenvalue weighted by atomic mass is 16.2. The average Bonchev–Trinajstić information content (AvgIpc) is 2.92. The molecule has 0 atom stereocenters. The molecule has 3 amide bonds. The number of hydrogen-bond donors (Lipinski definition) is 3. The van der Waals surface area contributed by atoms with Crippen molar-refractivity contribution in [3.63, 3.8) is 0 Å². The van der Waals surface area contributed by atoms with Gasteiger partial charge >= 0.3 is 6.03 Å². The maximum absolute atomic E-state index is 12.1. The number of pyridine rings is 1. The van der Waals surface area contributed by atoms with Crippen molar-refractivity contribution in [2.24, 2.45) is 0 Å². The van der Waals surface area contributed by atoms with Crippen molar-refractivity contribution in [1.82, 2.24) is 20.5 Å². The molecule has 0 bridgehead atoms. The maximum Gasteiger partial charge on any atom is 0.317 e. The Labute approximate surface area is 122 Å². The lowest BCUT2D eigenvalue weighted by Gasteiger charge is -2.18. The molecule has 2 aliphatic heterocycles. The molecule has 3 N–H and O–H groups in total. The first-order valence-corrected chi connectivity index (χ1v) is 6.94. The predicted molar refractivity (Wildman–Crippen MR) is 78.7 cm³/mol. The van der Waals surface area contributed by atoms with Gasteiger partial charge in [0.2, 0.25) is 5.91 Å². The summed E-state index contributed by atoms with van der Waals surface area (Å²) in [6.07, 6.45) is 3.49. The molecule has 0 radical (unpaired) electrons. The van der Waals surface area contributed by atoms with Crippen molar-refractivity contribution < 1.29 is 9.59 Å². The van der Waals surface area contributed by atoms with Crippen LogP contribution in [0.1, 0.15) is 5.69 Å². The van der Waals surface area contributed by atoms with Crippen molar-refractivity contribution in [1.29, 1.82) is 0 Å². The summed E-state index contributed by atoms with van der Waals surface area (Å²) in [5.41, 5.74) is 2.35. The summed E-state index contributed by atoms with van der Waals surface area (Å²) in [4.78, 5) is 29.4. The van der Waals surface area contributed by atoms with Crippen molar-refractivity contribution in [3.8, 4) is 0 Å². The zero-order valence-corrected chi connectivity index (χ0v) is 11.6. The van der Waals surface area contributed by atoms with E-state index in [-0.39, 0.29) is 11.9 Å². The number of amides is 3. The second-order valence-corrected chi connectivity index (χ2v) is 4.93. The second-order valence-electron chi connectivity index (χ2n) is 4.93. The molecular formula is C14H17N5O2. The summed E-state index contributed by atoms with van der Waals surface area (Å²) in [7, 11) is 0. The summed E-state index contributed by atoms with van der Waals surface area (Å²) >= 11 is 0. The standard InChI is InChI=1S/C14H17N5O2/c20-13(16-4-6-19-7-5-17-14(19)21)10-8-12-11(18-9-10)2-1-3-15-12/h1-3,8,18H,4-7,9H2,(H,16,20)(H,17,21). The third-order valence-corrected chi connectivity index (χ3v) is 3.52. The molecule has 0 spiro atoms. The molecule has 1 fully saturated rings. The van der Waals surface area contributed by atoms with Crippen LogP contribution in [0.5, 0.6) is 0 Å². The topological polar surface area (TPSA) is 86.4 Å². The SMILES string of the molecule is O=C(NCCN1CCNC1=O)C1=Cc2ncccc2NC1. The van der Waals surface area contributed by atoms with Gasteiger partial charge in [0.15, 0.2) is 0 Å². The summed E-state index contributed by atoms with van der Waals surface area (Å²) in [5, 5.41) is 8.73. The molecule has 0 aliphatic carbocycles. The van der Waals surface area contributed by atoms with Crippen LogP contribution in [0, 0.1) is 0 Å². The zero-order valence-electron chi connectivity index (χ0n) is 11.6. The van der Waals surface area contributed by atoms with E-state index in [1.807, 2.05) is 12.1 Å². The normalized spacial score (nSPS) is 16.7. The number of anilines is 1. The number of carbonyl (C=O) groups excluding carboxylic acids is 2. The van der Waals surface area contributed by atoms with E-state index in [1.54, 1.807) is 17.2 Å². The van der Waals surface area contributed by atoms with E-state index in [2.05, 4.69) is 20.9 Å². The highest BCUT2D eigenvalue weighted by molar-refractivity contribution is 6.00. The molecule has 21 heavy (non-hydrogen) atoms. The minimum atomic E-state index is -0.126. The fraction of sp³-hybridized carbons (Fsp3) is 0.357. The van der Waals surface area contributed by atoms with Crippen LogP contribution in [0.3, 0.4) is 0 Å². The number of aromatic nitrogens is 1. The van der Waals surface area contributed by atoms with Gasteiger partial charge in [-0.2, -0.15) is 0 Å². The Bertz CT molecular complexity index is 599. The Hall–Kier alpha value is -2.57. The van der Waals surface area contributed by atoms with Gasteiger partial charge in [-0.05, 0) is 18.2 Å². The Morgan fingerprint density at radius 2 is 2.33 bits per heavy atom. The van der Waals surface area contributed by atoms with Gasteiger partial charge in [-0.15, -0.1) is 0 Å². The molecule has 7 nitrogen and oxygen atoms in total. The molecule has 1 aromatic heterocycles. The minimum Gasteiger partial charge on any atom is -0.379 e. The van der Waals surface area contributed by atoms with Crippen LogP contribution in [-0.4, -0.2) is 54.5 Å². The fourth-order valence-electron chi connectivity index (χ4n) is 2.38. The fourth-order valence-corrected chi connectivity index (χ4v) is 2.38. The van der Waals surface area contributed by atoms with E-state index in [4.69, 9.17) is 0 Å². The molecule has 0 aromatic carbocycles. The van der Waals surface area contributed by atoms with E-state index >= 15 is 0 Å². The van der Waals surface area contributed by atoms with Gasteiger partial charge in [-0.3, -0.25) is 9.78 Å². The number of carbonyl (C=O) groups is 2. The van der Waals surface area contributed by atoms with Crippen molar-refractivity contribution in [3.05, 3.63) is 29.6 Å². The summed E-state index contributed by atoms with van der Waals surface area (Å²) in [5.74, 6) is -0.126. The first kappa shape index (κ1) is 13.4. The van der Waals surface area contributed by atoms with Gasteiger partial charge in [-0.1, -0.05) is 0 Å². The number of rotatable bonds is 4. The Morgan fingerprint density at radius 1 is 1.43 bits per heavy atom. The smallest absolute Gasteiger partial charge is 0.317 e. The molecule has 3 rings (SSSR count). The van der Waals surface area contributed by atoms with Gasteiger partial charge in [0.05, 0.1) is 11.4 Å². The van der Waals surface area contributed by atoms with E-state index in [9.17, 15) is 9.59 Å². The van der Waals surface area contributed by atoms with Crippen molar-refractivity contribution in [2.45, 2.75) is 0 Å². The number of urea groups is 1. The largest absolute Gasteiger partial charge is 0.379 e. The molecule has 1 aromatic rings. The van der Waals surface area contributed by atoms with Crippen molar-refractivity contribution >= 4 is 23.7 Å². The Balaban J connectivity index is 1.54. The summed E-state index contributed by atoms with van der Waals surface area (Å²) in [6.45, 7) is 2.81. The quantitative estimate of drug-likeness (QED) is 0.729. The first-order valence-electron chi connectivity index (χ1n) is 6.94. The van der Waals surface area contributed by atoms with Gasteiger partial charge in [0.25, 0.3) is 0 Å². The molecule has 0 saturated carbocycles. The van der Waals surface area contributed by atoms with Crippen LogP contribution >= 0.6 is 0 Å². The molecule has 2 aliphatic rings. The minimum absolute atomic E-state index is 0.0686. The third kappa shape index (κ3) is 2.96. The Kier molecular flexibility index (Phi) is 3.72.